The van der Waals surface area contributed by atoms with E-state index in [4.69, 9.17) is 22.4 Å². The average molecular weight is 339 g/mol. The summed E-state index contributed by atoms with van der Waals surface area (Å²) in [7, 11) is 0. The topological polar surface area (TPSA) is 119 Å². The molecule has 0 saturated carbocycles. The van der Waals surface area contributed by atoms with Gasteiger partial charge in [-0.15, -0.1) is 5.10 Å². The number of nitrogens with two attached hydrogens (primary N) is 1. The molecule has 2 rings (SSSR count). The van der Waals surface area contributed by atoms with Gasteiger partial charge in [-0.05, 0) is 32.9 Å². The van der Waals surface area contributed by atoms with E-state index in [9.17, 15) is 4.79 Å². The zero-order valence-corrected chi connectivity index (χ0v) is 13.9. The normalized spacial score (nSPS) is 12.9. The van der Waals surface area contributed by atoms with Gasteiger partial charge >= 0.3 is 6.09 Å². The third-order valence-electron chi connectivity index (χ3n) is 3.06. The van der Waals surface area contributed by atoms with E-state index < -0.39 is 11.6 Å². The molecule has 4 N–H and O–H groups in total. The van der Waals surface area contributed by atoms with Crippen LogP contribution in [0.5, 0.6) is 0 Å². The van der Waals surface area contributed by atoms with E-state index in [1.807, 2.05) is 0 Å². The minimum absolute atomic E-state index is 0.319. The Hall–Kier alpha value is -2.19. The predicted molar refractivity (Wildman–Crippen MR) is 85.7 cm³/mol. The fourth-order valence-electron chi connectivity index (χ4n) is 2.13. The van der Waals surface area contributed by atoms with E-state index in [-0.39, 0.29) is 6.04 Å². The second-order valence-corrected chi connectivity index (χ2v) is 6.35. The highest BCUT2D eigenvalue weighted by atomic mass is 35.5. The van der Waals surface area contributed by atoms with Gasteiger partial charge in [-0.25, -0.2) is 14.8 Å². The molecule has 0 spiro atoms. The Morgan fingerprint density at radius 3 is 2.74 bits per heavy atom. The van der Waals surface area contributed by atoms with Gasteiger partial charge in [0.2, 0.25) is 0 Å². The van der Waals surface area contributed by atoms with Gasteiger partial charge in [0.05, 0.1) is 11.1 Å². The van der Waals surface area contributed by atoms with Crippen molar-refractivity contribution in [3.63, 3.8) is 0 Å². The Morgan fingerprint density at radius 2 is 2.22 bits per heavy atom. The van der Waals surface area contributed by atoms with E-state index in [0.29, 0.717) is 28.9 Å². The van der Waals surface area contributed by atoms with Gasteiger partial charge in [-0.1, -0.05) is 11.6 Å². The van der Waals surface area contributed by atoms with Gasteiger partial charge in [-0.2, -0.15) is 4.68 Å². The molecule has 2 aromatic heterocycles. The lowest BCUT2D eigenvalue weighted by Gasteiger charge is -2.22. The zero-order chi connectivity index (χ0) is 17.2. The monoisotopic (exact) mass is 338 g/mol. The fourth-order valence-corrected chi connectivity index (χ4v) is 2.24. The number of hydrogen-bond donors (Lipinski definition) is 3. The van der Waals surface area contributed by atoms with E-state index in [1.165, 1.54) is 6.20 Å². The SMILES string of the molecule is CC(N)c1nc(CC(C)(C)NC(=O)O)nn1-c1ccc(Cl)cn1. The van der Waals surface area contributed by atoms with Gasteiger partial charge in [0.1, 0.15) is 0 Å². The van der Waals surface area contributed by atoms with Crippen LogP contribution in [0.2, 0.25) is 5.02 Å². The minimum atomic E-state index is -1.10. The molecule has 124 valence electrons. The van der Waals surface area contributed by atoms with Crippen molar-refractivity contribution in [3.05, 3.63) is 35.0 Å². The lowest BCUT2D eigenvalue weighted by molar-refractivity contribution is 0.182. The molecule has 8 nitrogen and oxygen atoms in total. The summed E-state index contributed by atoms with van der Waals surface area (Å²) >= 11 is 5.85. The number of amides is 1. The van der Waals surface area contributed by atoms with Crippen molar-refractivity contribution >= 4 is 17.7 Å². The first kappa shape index (κ1) is 17.2. The minimum Gasteiger partial charge on any atom is -0.465 e. The zero-order valence-electron chi connectivity index (χ0n) is 13.1. The molecule has 9 heteroatoms. The maximum absolute atomic E-state index is 10.8. The van der Waals surface area contributed by atoms with Crippen molar-refractivity contribution < 1.29 is 9.90 Å². The van der Waals surface area contributed by atoms with Crippen LogP contribution < -0.4 is 11.1 Å². The van der Waals surface area contributed by atoms with E-state index in [1.54, 1.807) is 37.6 Å². The van der Waals surface area contributed by atoms with Crippen LogP contribution in [0.3, 0.4) is 0 Å². The van der Waals surface area contributed by atoms with Gasteiger partial charge in [0.25, 0.3) is 0 Å². The third-order valence-corrected chi connectivity index (χ3v) is 3.28. The maximum atomic E-state index is 10.8. The predicted octanol–water partition coefficient (Wildman–Crippen LogP) is 1.92. The molecular formula is C14H19ClN6O2. The number of halogens is 1. The molecule has 1 unspecified atom stereocenters. The van der Waals surface area contributed by atoms with Crippen LogP contribution in [0.4, 0.5) is 4.79 Å². The maximum Gasteiger partial charge on any atom is 0.405 e. The Kier molecular flexibility index (Phi) is 4.86. The number of carboxylic acid groups (broad SMARTS) is 1. The smallest absolute Gasteiger partial charge is 0.405 e. The number of hydrogen-bond acceptors (Lipinski definition) is 5. The summed E-state index contributed by atoms with van der Waals surface area (Å²) in [5.74, 6) is 1.57. The highest BCUT2D eigenvalue weighted by Crippen LogP contribution is 2.17. The number of nitrogens with zero attached hydrogens (tertiary/aromatic N) is 4. The second-order valence-electron chi connectivity index (χ2n) is 5.91. The third kappa shape index (κ3) is 4.40. The van der Waals surface area contributed by atoms with Crippen LogP contribution in [0.15, 0.2) is 18.3 Å². The van der Waals surface area contributed by atoms with E-state index >= 15 is 0 Å². The Balaban J connectivity index is 2.35. The van der Waals surface area contributed by atoms with Crippen LogP contribution in [0.1, 0.15) is 38.5 Å². The first-order valence-corrected chi connectivity index (χ1v) is 7.40. The van der Waals surface area contributed by atoms with Gasteiger partial charge in [-0.3, -0.25) is 0 Å². The Morgan fingerprint density at radius 1 is 1.52 bits per heavy atom. The Bertz CT molecular complexity index is 696. The molecule has 0 aromatic carbocycles. The Labute approximate surface area is 138 Å². The molecule has 0 radical (unpaired) electrons. The largest absolute Gasteiger partial charge is 0.465 e. The molecule has 0 aliphatic carbocycles. The average Bonchev–Trinajstić information content (AvgIpc) is 2.81. The molecule has 0 aliphatic rings. The number of nitrogens with one attached hydrogen (secondary N) is 1. The summed E-state index contributed by atoms with van der Waals surface area (Å²) < 4.78 is 1.55. The number of pyridine rings is 1. The van der Waals surface area contributed by atoms with Gasteiger partial charge in [0, 0.05) is 18.2 Å². The van der Waals surface area contributed by atoms with Crippen molar-refractivity contribution in [2.24, 2.45) is 5.73 Å². The molecule has 0 bridgehead atoms. The van der Waals surface area contributed by atoms with Crippen LogP contribution in [0, 0.1) is 0 Å². The number of rotatable bonds is 5. The molecule has 0 aliphatic heterocycles. The van der Waals surface area contributed by atoms with Crippen molar-refractivity contribution in [2.75, 3.05) is 0 Å². The van der Waals surface area contributed by atoms with Gasteiger partial charge in [0.15, 0.2) is 17.5 Å². The molecule has 1 atom stereocenters. The van der Waals surface area contributed by atoms with Gasteiger partial charge < -0.3 is 16.2 Å². The second kappa shape index (κ2) is 6.51. The molecule has 2 heterocycles. The van der Waals surface area contributed by atoms with E-state index in [0.717, 1.165) is 0 Å². The fraction of sp³-hybridized carbons (Fsp3) is 0.429. The summed E-state index contributed by atoms with van der Waals surface area (Å²) in [5, 5.41) is 16.2. The lowest BCUT2D eigenvalue weighted by atomic mass is 10.0. The highest BCUT2D eigenvalue weighted by Gasteiger charge is 2.25. The summed E-state index contributed by atoms with van der Waals surface area (Å²) in [6.45, 7) is 5.31. The quantitative estimate of drug-likeness (QED) is 0.766. The standard InChI is InChI=1S/C14H19ClN6O2/c1-8(16)12-18-10(6-14(2,3)19-13(22)23)20-21(12)11-5-4-9(15)7-17-11/h4-5,7-8,19H,6,16H2,1-3H3,(H,22,23). The number of aromatic nitrogens is 4. The molecule has 0 fully saturated rings. The molecule has 2 aromatic rings. The summed E-state index contributed by atoms with van der Waals surface area (Å²) in [4.78, 5) is 19.5. The van der Waals surface area contributed by atoms with Crippen LogP contribution in [0.25, 0.3) is 5.82 Å². The first-order valence-electron chi connectivity index (χ1n) is 7.02. The first-order chi connectivity index (χ1) is 10.7. The van der Waals surface area contributed by atoms with Crippen LogP contribution in [-0.4, -0.2) is 36.5 Å². The van der Waals surface area contributed by atoms with Crippen molar-refractivity contribution in [2.45, 2.75) is 38.8 Å². The molecular weight excluding hydrogens is 320 g/mol. The van der Waals surface area contributed by atoms with Crippen molar-refractivity contribution in [3.8, 4) is 5.82 Å². The highest BCUT2D eigenvalue weighted by molar-refractivity contribution is 6.30. The van der Waals surface area contributed by atoms with Crippen LogP contribution in [-0.2, 0) is 6.42 Å². The van der Waals surface area contributed by atoms with Crippen molar-refractivity contribution in [1.29, 1.82) is 0 Å². The molecule has 1 amide bonds. The number of carbonyl (C=O) groups is 1. The van der Waals surface area contributed by atoms with E-state index in [2.05, 4.69) is 20.4 Å². The molecule has 0 saturated heterocycles. The summed E-state index contributed by atoms with van der Waals surface area (Å²) in [6, 6.07) is 3.06. The lowest BCUT2D eigenvalue weighted by Crippen LogP contribution is -2.44. The van der Waals surface area contributed by atoms with Crippen LogP contribution >= 0.6 is 11.6 Å². The molecule has 23 heavy (non-hydrogen) atoms. The summed E-state index contributed by atoms with van der Waals surface area (Å²) in [5.41, 5.74) is 5.24. The van der Waals surface area contributed by atoms with Crippen molar-refractivity contribution in [1.82, 2.24) is 25.1 Å². The summed E-state index contributed by atoms with van der Waals surface area (Å²) in [6.07, 6.45) is 0.736.